The monoisotopic (exact) mass is 350 g/mol. The van der Waals surface area contributed by atoms with Gasteiger partial charge in [-0.2, -0.15) is 0 Å². The Labute approximate surface area is 170 Å². The molecule has 13 heteroatoms. The Balaban J connectivity index is -0.0000000267. The van der Waals surface area contributed by atoms with E-state index in [1.165, 1.54) is 0 Å². The molecule has 0 amide bonds. The van der Waals surface area contributed by atoms with E-state index in [0.29, 0.717) is 0 Å². The van der Waals surface area contributed by atoms with Crippen molar-refractivity contribution in [1.82, 2.24) is 0 Å². The van der Waals surface area contributed by atoms with E-state index in [0.717, 1.165) is 0 Å². The Hall–Kier alpha value is 4.31. The maximum atomic E-state index is 8.61. The third-order valence-electron chi connectivity index (χ3n) is 0. The average Bonchev–Trinajstić information content (AvgIpc) is 1.12. The van der Waals surface area contributed by atoms with E-state index in [1.54, 1.807) is 0 Å². The minimum absolute atomic E-state index is 0. The van der Waals surface area contributed by atoms with Gasteiger partial charge >= 0.3 is 175 Å². The van der Waals surface area contributed by atoms with Crippen LogP contribution in [0.4, 0.5) is 0 Å². The van der Waals surface area contributed by atoms with Crippen molar-refractivity contribution in [1.29, 1.82) is 0 Å². The molecular formula is Ca3O8V2. The Bertz CT molecular complexity index is 130. The van der Waals surface area contributed by atoms with Gasteiger partial charge in [-0.25, -0.2) is 0 Å². The SMILES string of the molecule is [Ca+2].[Ca+2].[Ca+2].[O]=[V]([O-])([O-])[O-].[O]=[V]([O-])([O-])[O-]. The van der Waals surface area contributed by atoms with Crippen molar-refractivity contribution in [3.63, 3.8) is 0 Å². The second kappa shape index (κ2) is 14.4. The van der Waals surface area contributed by atoms with Gasteiger partial charge in [0.2, 0.25) is 0 Å². The van der Waals surface area contributed by atoms with Crippen molar-refractivity contribution in [2.45, 2.75) is 0 Å². The second-order valence-corrected chi connectivity index (χ2v) is 3.69. The van der Waals surface area contributed by atoms with E-state index in [9.17, 15) is 0 Å². The van der Waals surface area contributed by atoms with Gasteiger partial charge in [-0.3, -0.25) is 0 Å². The van der Waals surface area contributed by atoms with Crippen molar-refractivity contribution in [3.05, 3.63) is 0 Å². The average molecular weight is 350 g/mol. The summed E-state index contributed by atoms with van der Waals surface area (Å²) < 4.78 is 68.9. The summed E-state index contributed by atoms with van der Waals surface area (Å²) in [5.41, 5.74) is 0. The molecule has 8 nitrogen and oxygen atoms in total. The first-order chi connectivity index (χ1) is 4.00. The van der Waals surface area contributed by atoms with Crippen LogP contribution in [0, 0.1) is 0 Å². The summed E-state index contributed by atoms with van der Waals surface area (Å²) in [5, 5.41) is 0. The standard InChI is InChI=1S/3Ca.8O.2V/q3*+2;;;6*-1;;. The number of hydrogen-bond acceptors (Lipinski definition) is 8. The number of rotatable bonds is 0. The quantitative estimate of drug-likeness (QED) is 0.387. The molecule has 0 atom stereocenters. The molecule has 0 aromatic heterocycles. The van der Waals surface area contributed by atoms with Crippen LogP contribution in [0.3, 0.4) is 0 Å². The van der Waals surface area contributed by atoms with Crippen LogP contribution in [0.15, 0.2) is 0 Å². The van der Waals surface area contributed by atoms with Gasteiger partial charge in [0, 0.05) is 0 Å². The fourth-order valence-corrected chi connectivity index (χ4v) is 0. The molecule has 0 radical (unpaired) electrons. The molecule has 0 bridgehead atoms. The summed E-state index contributed by atoms with van der Waals surface area (Å²) >= 11 is -11.8. The summed E-state index contributed by atoms with van der Waals surface area (Å²) in [5.74, 6) is 0. The molecule has 0 aromatic carbocycles. The van der Waals surface area contributed by atoms with Gasteiger partial charge in [0.25, 0.3) is 0 Å². The first-order valence-electron chi connectivity index (χ1n) is 1.46. The normalized spacial score (nSPS) is 9.08. The van der Waals surface area contributed by atoms with Gasteiger partial charge in [0.15, 0.2) is 0 Å². The van der Waals surface area contributed by atoms with Crippen LogP contribution < -0.4 is 24.2 Å². The molecule has 0 rings (SSSR count). The summed E-state index contributed by atoms with van der Waals surface area (Å²) in [4.78, 5) is 0. The van der Waals surface area contributed by atoms with E-state index >= 15 is 0 Å². The number of hydrogen-bond donors (Lipinski definition) is 0. The fourth-order valence-electron chi connectivity index (χ4n) is 0. The third-order valence-corrected chi connectivity index (χ3v) is 0. The Morgan fingerprint density at radius 1 is 0.538 bits per heavy atom. The van der Waals surface area contributed by atoms with Crippen LogP contribution in [-0.2, 0) is 37.4 Å². The molecule has 0 fully saturated rings. The van der Waals surface area contributed by atoms with Gasteiger partial charge in [-0.15, -0.1) is 0 Å². The van der Waals surface area contributed by atoms with E-state index in [4.69, 9.17) is 31.5 Å². The topological polar surface area (TPSA) is 172 Å². The molecule has 0 aromatic rings. The van der Waals surface area contributed by atoms with Crippen LogP contribution in [0.25, 0.3) is 0 Å². The predicted molar refractivity (Wildman–Crippen MR) is 18.6 cm³/mol. The van der Waals surface area contributed by atoms with Crippen LogP contribution in [0.2, 0.25) is 0 Å². The molecule has 0 saturated heterocycles. The zero-order valence-electron chi connectivity index (χ0n) is 6.28. The molecule has 0 aliphatic rings. The van der Waals surface area contributed by atoms with E-state index in [1.807, 2.05) is 0 Å². The van der Waals surface area contributed by atoms with Crippen LogP contribution >= 0.6 is 0 Å². The van der Waals surface area contributed by atoms with E-state index in [-0.39, 0.29) is 113 Å². The zero-order valence-corrected chi connectivity index (χ0v) is 15.7. The molecule has 0 aliphatic heterocycles. The maximum absolute atomic E-state index is 8.61. The van der Waals surface area contributed by atoms with Crippen LogP contribution in [0.1, 0.15) is 0 Å². The summed E-state index contributed by atoms with van der Waals surface area (Å²) in [6.45, 7) is 0. The first-order valence-corrected chi connectivity index (χ1v) is 6.02. The molecule has 0 heterocycles. The van der Waals surface area contributed by atoms with E-state index in [2.05, 4.69) is 0 Å². The van der Waals surface area contributed by atoms with Crippen LogP contribution in [0.5, 0.6) is 0 Å². The zero-order chi connectivity index (χ0) is 9.00. The molecule has 0 N–H and O–H groups in total. The van der Waals surface area contributed by atoms with Gasteiger partial charge < -0.3 is 0 Å². The Morgan fingerprint density at radius 3 is 0.538 bits per heavy atom. The van der Waals surface area contributed by atoms with Crippen LogP contribution in [-0.4, -0.2) is 113 Å². The Morgan fingerprint density at radius 2 is 0.538 bits per heavy atom. The van der Waals surface area contributed by atoms with Crippen molar-refractivity contribution < 1.29 is 61.6 Å². The first kappa shape index (κ1) is 30.4. The van der Waals surface area contributed by atoms with Crippen molar-refractivity contribution in [3.8, 4) is 0 Å². The molecule has 0 spiro atoms. The van der Waals surface area contributed by atoms with Gasteiger partial charge in [0.1, 0.15) is 0 Å². The summed E-state index contributed by atoms with van der Waals surface area (Å²) in [6, 6.07) is 0. The molecule has 0 aliphatic carbocycles. The third kappa shape index (κ3) is 180. The summed E-state index contributed by atoms with van der Waals surface area (Å²) in [7, 11) is 0. The van der Waals surface area contributed by atoms with Crippen molar-refractivity contribution in [2.75, 3.05) is 0 Å². The van der Waals surface area contributed by atoms with Gasteiger partial charge in [-0.05, 0) is 0 Å². The molecule has 13 heavy (non-hydrogen) atoms. The molecule has 0 saturated carbocycles. The van der Waals surface area contributed by atoms with Gasteiger partial charge in [-0.1, -0.05) is 0 Å². The molecule has 64 valence electrons. The fraction of sp³-hybridized carbons (Fsp3) is 0. The molecule has 0 unspecified atom stereocenters. The second-order valence-electron chi connectivity index (χ2n) is 0.894. The van der Waals surface area contributed by atoms with E-state index < -0.39 is 30.0 Å². The minimum atomic E-state index is -5.88. The Kier molecular flexibility index (Phi) is 33.6. The van der Waals surface area contributed by atoms with Crippen molar-refractivity contribution in [2.24, 2.45) is 0 Å². The van der Waals surface area contributed by atoms with Gasteiger partial charge in [0.05, 0.1) is 0 Å². The predicted octanol–water partition coefficient (Wildman–Crippen LogP) is -8.52. The van der Waals surface area contributed by atoms with Crippen molar-refractivity contribution >= 4 is 113 Å². The summed E-state index contributed by atoms with van der Waals surface area (Å²) in [6.07, 6.45) is 0. The molecular weight excluding hydrogens is 350 g/mol.